The van der Waals surface area contributed by atoms with E-state index >= 15 is 0 Å². The molecular formula is C23H27N5O2. The Kier molecular flexibility index (Phi) is 5.28. The van der Waals surface area contributed by atoms with E-state index in [2.05, 4.69) is 12.1 Å². The lowest BCUT2D eigenvalue weighted by atomic mass is 9.95. The molecule has 0 aliphatic carbocycles. The molecule has 2 amide bonds. The molecule has 3 aromatic rings. The average molecular weight is 406 g/mol. The molecule has 1 aliphatic rings. The smallest absolute Gasteiger partial charge is 0.227 e. The molecule has 156 valence electrons. The van der Waals surface area contributed by atoms with Gasteiger partial charge in [-0.2, -0.15) is 5.10 Å². The van der Waals surface area contributed by atoms with E-state index in [1.165, 1.54) is 0 Å². The topological polar surface area (TPSA) is 93.6 Å². The van der Waals surface area contributed by atoms with Crippen LogP contribution in [-0.2, 0) is 16.0 Å². The number of hydrogen-bond acceptors (Lipinski definition) is 4. The number of primary amides is 1. The van der Waals surface area contributed by atoms with E-state index in [-0.39, 0.29) is 24.2 Å². The molecule has 7 nitrogen and oxygen atoms in total. The van der Waals surface area contributed by atoms with Gasteiger partial charge in [-0.25, -0.2) is 9.50 Å². The van der Waals surface area contributed by atoms with Gasteiger partial charge in [-0.1, -0.05) is 30.3 Å². The van der Waals surface area contributed by atoms with E-state index < -0.39 is 0 Å². The van der Waals surface area contributed by atoms with Gasteiger partial charge in [0.15, 0.2) is 5.65 Å². The summed E-state index contributed by atoms with van der Waals surface area (Å²) in [6.45, 7) is 7.06. The number of carbonyl (C=O) groups excluding carboxylic acids is 2. The number of likely N-dealkylation sites (tertiary alicyclic amines) is 1. The van der Waals surface area contributed by atoms with Crippen LogP contribution in [0.2, 0.25) is 0 Å². The minimum atomic E-state index is -0.272. The van der Waals surface area contributed by atoms with Crippen molar-refractivity contribution < 1.29 is 9.59 Å². The van der Waals surface area contributed by atoms with E-state index in [4.69, 9.17) is 15.8 Å². The van der Waals surface area contributed by atoms with Crippen LogP contribution in [0, 0.1) is 26.7 Å². The quantitative estimate of drug-likeness (QED) is 0.722. The Hall–Kier alpha value is -3.22. The Balaban J connectivity index is 1.63. The first-order valence-electron chi connectivity index (χ1n) is 10.3. The number of fused-ring (bicyclic) bond motifs is 1. The van der Waals surface area contributed by atoms with Crippen molar-refractivity contribution in [3.05, 3.63) is 53.0 Å². The highest BCUT2D eigenvalue weighted by molar-refractivity contribution is 5.82. The number of benzene rings is 1. The van der Waals surface area contributed by atoms with Gasteiger partial charge < -0.3 is 10.6 Å². The number of aryl methyl sites for hydroxylation is 3. The molecular weight excluding hydrogens is 378 g/mol. The van der Waals surface area contributed by atoms with Crippen LogP contribution in [0.5, 0.6) is 0 Å². The Morgan fingerprint density at radius 1 is 1.07 bits per heavy atom. The number of nitrogens with two attached hydrogens (primary N) is 1. The van der Waals surface area contributed by atoms with Gasteiger partial charge in [0.2, 0.25) is 11.8 Å². The maximum Gasteiger partial charge on any atom is 0.227 e. The van der Waals surface area contributed by atoms with Crippen LogP contribution in [-0.4, -0.2) is 44.4 Å². The van der Waals surface area contributed by atoms with Crippen LogP contribution in [0.4, 0.5) is 0 Å². The van der Waals surface area contributed by atoms with Crippen LogP contribution in [0.3, 0.4) is 0 Å². The maximum absolute atomic E-state index is 12.9. The molecule has 4 rings (SSSR count). The van der Waals surface area contributed by atoms with E-state index in [0.717, 1.165) is 39.4 Å². The van der Waals surface area contributed by atoms with Crippen LogP contribution < -0.4 is 5.73 Å². The van der Waals surface area contributed by atoms with E-state index in [1.807, 2.05) is 48.4 Å². The molecule has 2 aromatic heterocycles. The summed E-state index contributed by atoms with van der Waals surface area (Å²) in [5.41, 5.74) is 11.9. The molecule has 1 aliphatic heterocycles. The molecule has 0 atom stereocenters. The molecule has 2 N–H and O–H groups in total. The summed E-state index contributed by atoms with van der Waals surface area (Å²) in [5, 5.41) is 4.72. The normalized spacial score (nSPS) is 15.0. The SMILES string of the molecule is Cc1nc2c(-c3ccccc3)c(C)nn2c(C)c1CC(=O)N1CCC(C(N)=O)CC1. The molecule has 7 heteroatoms. The Morgan fingerprint density at radius 2 is 1.73 bits per heavy atom. The van der Waals surface area contributed by atoms with Gasteiger partial charge >= 0.3 is 0 Å². The first-order chi connectivity index (χ1) is 14.4. The highest BCUT2D eigenvalue weighted by Crippen LogP contribution is 2.29. The number of piperidine rings is 1. The summed E-state index contributed by atoms with van der Waals surface area (Å²) < 4.78 is 1.85. The van der Waals surface area contributed by atoms with Crippen LogP contribution in [0.25, 0.3) is 16.8 Å². The van der Waals surface area contributed by atoms with Crippen molar-refractivity contribution in [2.45, 2.75) is 40.0 Å². The average Bonchev–Trinajstić information content (AvgIpc) is 3.07. The van der Waals surface area contributed by atoms with E-state index in [1.54, 1.807) is 0 Å². The number of amides is 2. The van der Waals surface area contributed by atoms with Crippen LogP contribution in [0.15, 0.2) is 30.3 Å². The third-order valence-electron chi connectivity index (χ3n) is 6.14. The van der Waals surface area contributed by atoms with Gasteiger partial charge in [-0.15, -0.1) is 0 Å². The lowest BCUT2D eigenvalue weighted by molar-refractivity contribution is -0.134. The summed E-state index contributed by atoms with van der Waals surface area (Å²) in [6.07, 6.45) is 1.55. The van der Waals surface area contributed by atoms with Gasteiger partial charge in [0, 0.05) is 41.5 Å². The molecule has 0 unspecified atom stereocenters. The monoisotopic (exact) mass is 405 g/mol. The zero-order valence-electron chi connectivity index (χ0n) is 17.7. The molecule has 1 fully saturated rings. The van der Waals surface area contributed by atoms with Crippen molar-refractivity contribution in [2.75, 3.05) is 13.1 Å². The van der Waals surface area contributed by atoms with Crippen molar-refractivity contribution >= 4 is 17.5 Å². The highest BCUT2D eigenvalue weighted by atomic mass is 16.2. The number of carbonyl (C=O) groups is 2. The Labute approximate surface area is 175 Å². The fraction of sp³-hybridized carbons (Fsp3) is 0.391. The largest absolute Gasteiger partial charge is 0.369 e. The summed E-state index contributed by atoms with van der Waals surface area (Å²) in [4.78, 5) is 31.0. The second-order valence-electron chi connectivity index (χ2n) is 8.06. The van der Waals surface area contributed by atoms with Crippen LogP contribution >= 0.6 is 0 Å². The van der Waals surface area contributed by atoms with Crippen molar-refractivity contribution in [1.29, 1.82) is 0 Å². The molecule has 30 heavy (non-hydrogen) atoms. The zero-order valence-corrected chi connectivity index (χ0v) is 17.7. The molecule has 1 saturated heterocycles. The predicted molar refractivity (Wildman–Crippen MR) is 115 cm³/mol. The third kappa shape index (κ3) is 3.56. The lowest BCUT2D eigenvalue weighted by Gasteiger charge is -2.31. The number of nitrogens with zero attached hydrogens (tertiary/aromatic N) is 4. The molecule has 0 saturated carbocycles. The van der Waals surface area contributed by atoms with Crippen molar-refractivity contribution in [3.8, 4) is 11.1 Å². The molecule has 3 heterocycles. The summed E-state index contributed by atoms with van der Waals surface area (Å²) in [7, 11) is 0. The number of rotatable bonds is 4. The van der Waals surface area contributed by atoms with Gasteiger partial charge in [-0.05, 0) is 39.2 Å². The summed E-state index contributed by atoms with van der Waals surface area (Å²) >= 11 is 0. The minimum absolute atomic E-state index is 0.0532. The third-order valence-corrected chi connectivity index (χ3v) is 6.14. The fourth-order valence-corrected chi connectivity index (χ4v) is 4.34. The van der Waals surface area contributed by atoms with Gasteiger partial charge in [0.25, 0.3) is 0 Å². The fourth-order valence-electron chi connectivity index (χ4n) is 4.34. The highest BCUT2D eigenvalue weighted by Gasteiger charge is 2.27. The summed E-state index contributed by atoms with van der Waals surface area (Å²) in [5.74, 6) is -0.344. The molecule has 0 spiro atoms. The van der Waals surface area contributed by atoms with Gasteiger partial charge in [0.05, 0.1) is 12.1 Å². The van der Waals surface area contributed by atoms with E-state index in [0.29, 0.717) is 25.9 Å². The lowest BCUT2D eigenvalue weighted by Crippen LogP contribution is -2.42. The Bertz CT molecular complexity index is 1110. The molecule has 1 aromatic carbocycles. The number of aromatic nitrogens is 3. The first kappa shape index (κ1) is 20.1. The second kappa shape index (κ2) is 7.89. The van der Waals surface area contributed by atoms with Crippen molar-refractivity contribution in [1.82, 2.24) is 19.5 Å². The predicted octanol–water partition coefficient (Wildman–Crippen LogP) is 2.59. The molecule has 0 bridgehead atoms. The number of hydrogen-bond donors (Lipinski definition) is 1. The van der Waals surface area contributed by atoms with E-state index in [9.17, 15) is 9.59 Å². The Morgan fingerprint density at radius 3 is 2.37 bits per heavy atom. The zero-order chi connectivity index (χ0) is 21.4. The van der Waals surface area contributed by atoms with Gasteiger partial charge in [-0.3, -0.25) is 9.59 Å². The summed E-state index contributed by atoms with van der Waals surface area (Å²) in [6, 6.07) is 10.1. The minimum Gasteiger partial charge on any atom is -0.369 e. The standard InChI is InChI=1S/C23H27N5O2/c1-14-19(13-20(29)27-11-9-18(10-12-27)22(24)30)16(3)28-23(25-14)21(15(2)26-28)17-7-5-4-6-8-17/h4-8,18H,9-13H2,1-3H3,(H2,24,30). The maximum atomic E-state index is 12.9. The van der Waals surface area contributed by atoms with Gasteiger partial charge in [0.1, 0.15) is 0 Å². The molecule has 0 radical (unpaired) electrons. The first-order valence-corrected chi connectivity index (χ1v) is 10.3. The second-order valence-corrected chi connectivity index (χ2v) is 8.06. The van der Waals surface area contributed by atoms with Crippen LogP contribution in [0.1, 0.15) is 35.5 Å². The van der Waals surface area contributed by atoms with Crippen molar-refractivity contribution in [3.63, 3.8) is 0 Å². The van der Waals surface area contributed by atoms with Crippen molar-refractivity contribution in [2.24, 2.45) is 11.7 Å².